The monoisotopic (exact) mass is 288 g/mol. The number of methoxy groups -OCH3 is 1. The highest BCUT2D eigenvalue weighted by atomic mass is 16.6. The molecule has 0 aliphatic rings. The average Bonchev–Trinajstić information content (AvgIpc) is 3.01. The fourth-order valence-electron chi connectivity index (χ4n) is 2.02. The summed E-state index contributed by atoms with van der Waals surface area (Å²) in [5.74, 6) is 0.483. The van der Waals surface area contributed by atoms with Gasteiger partial charge in [-0.25, -0.2) is 0 Å². The molecule has 2 heterocycles. The van der Waals surface area contributed by atoms with E-state index in [1.54, 1.807) is 29.4 Å². The van der Waals surface area contributed by atoms with Crippen LogP contribution in [0.2, 0.25) is 0 Å². The summed E-state index contributed by atoms with van der Waals surface area (Å²) in [6, 6.07) is 7.21. The van der Waals surface area contributed by atoms with E-state index >= 15 is 0 Å². The van der Waals surface area contributed by atoms with Gasteiger partial charge in [0.2, 0.25) is 0 Å². The lowest BCUT2D eigenvalue weighted by Gasteiger charge is -2.27. The highest BCUT2D eigenvalue weighted by Crippen LogP contribution is 2.20. The number of nitrogens with zero attached hydrogens (tertiary/aromatic N) is 2. The van der Waals surface area contributed by atoms with Crippen LogP contribution >= 0.6 is 0 Å². The summed E-state index contributed by atoms with van der Waals surface area (Å²) in [6.07, 6.45) is 4.35. The Bertz CT molecular complexity index is 580. The van der Waals surface area contributed by atoms with Gasteiger partial charge >= 0.3 is 0 Å². The topological polar surface area (TPSA) is 55.6 Å². The molecule has 0 spiro atoms. The zero-order chi connectivity index (χ0) is 15.2. The van der Waals surface area contributed by atoms with E-state index in [0.717, 1.165) is 12.0 Å². The number of ether oxygens (including phenoxy) is 1. The number of hydrogen-bond donors (Lipinski definition) is 0. The molecule has 21 heavy (non-hydrogen) atoms. The van der Waals surface area contributed by atoms with Crippen molar-refractivity contribution < 1.29 is 13.9 Å². The van der Waals surface area contributed by atoms with E-state index in [1.807, 2.05) is 19.1 Å². The third kappa shape index (κ3) is 3.62. The summed E-state index contributed by atoms with van der Waals surface area (Å²) >= 11 is 0. The number of rotatable bonds is 6. The van der Waals surface area contributed by atoms with Crippen LogP contribution in [0.5, 0.6) is 5.95 Å². The van der Waals surface area contributed by atoms with Crippen LogP contribution < -0.4 is 4.74 Å². The smallest absolute Gasteiger partial charge is 0.290 e. The maximum atomic E-state index is 12.6. The molecule has 1 atom stereocenters. The van der Waals surface area contributed by atoms with Crippen molar-refractivity contribution in [1.29, 1.82) is 0 Å². The minimum atomic E-state index is -0.142. The molecule has 2 aromatic rings. The Morgan fingerprint density at radius 2 is 2.24 bits per heavy atom. The summed E-state index contributed by atoms with van der Waals surface area (Å²) in [4.78, 5) is 18.5. The van der Waals surface area contributed by atoms with Crippen molar-refractivity contribution in [3.05, 3.63) is 48.0 Å². The van der Waals surface area contributed by atoms with Gasteiger partial charge < -0.3 is 14.1 Å². The molecular weight excluding hydrogens is 268 g/mol. The van der Waals surface area contributed by atoms with Crippen LogP contribution in [0.15, 0.2) is 41.1 Å². The molecule has 0 aliphatic carbocycles. The van der Waals surface area contributed by atoms with Gasteiger partial charge in [0.25, 0.3) is 11.9 Å². The first-order valence-corrected chi connectivity index (χ1v) is 6.99. The summed E-state index contributed by atoms with van der Waals surface area (Å²) in [5.41, 5.74) is 0.990. The fourth-order valence-corrected chi connectivity index (χ4v) is 2.02. The number of aromatic nitrogens is 1. The first kappa shape index (κ1) is 15.1. The van der Waals surface area contributed by atoms with Gasteiger partial charge in [-0.2, -0.15) is 0 Å². The summed E-state index contributed by atoms with van der Waals surface area (Å²) in [5, 5.41) is 0. The molecule has 0 radical (unpaired) electrons. The molecule has 0 fully saturated rings. The lowest BCUT2D eigenvalue weighted by molar-refractivity contribution is 0.0632. The SMILES string of the molecule is CC[C@@H](C)N(Cc1cccnc1)C(=O)c1ccc(OC)o1. The highest BCUT2D eigenvalue weighted by Gasteiger charge is 2.23. The zero-order valence-electron chi connectivity index (χ0n) is 12.6. The number of furan rings is 1. The number of hydrogen-bond acceptors (Lipinski definition) is 4. The van der Waals surface area contributed by atoms with E-state index in [4.69, 9.17) is 9.15 Å². The predicted molar refractivity (Wildman–Crippen MR) is 79.1 cm³/mol. The molecule has 0 N–H and O–H groups in total. The van der Waals surface area contributed by atoms with Crippen LogP contribution in [0, 0.1) is 0 Å². The second kappa shape index (κ2) is 6.92. The number of carbonyl (C=O) groups excluding carboxylic acids is 1. The Labute approximate surface area is 124 Å². The van der Waals surface area contributed by atoms with E-state index in [2.05, 4.69) is 11.9 Å². The van der Waals surface area contributed by atoms with E-state index in [9.17, 15) is 4.79 Å². The average molecular weight is 288 g/mol. The lowest BCUT2D eigenvalue weighted by Crippen LogP contribution is -2.37. The molecule has 112 valence electrons. The van der Waals surface area contributed by atoms with Gasteiger partial charge in [0, 0.05) is 31.0 Å². The largest absolute Gasteiger partial charge is 0.468 e. The van der Waals surface area contributed by atoms with Crippen LogP contribution in [-0.2, 0) is 6.54 Å². The highest BCUT2D eigenvalue weighted by molar-refractivity contribution is 5.91. The molecule has 0 aliphatic heterocycles. The zero-order valence-corrected chi connectivity index (χ0v) is 12.6. The Morgan fingerprint density at radius 1 is 1.43 bits per heavy atom. The predicted octanol–water partition coefficient (Wildman–Crippen LogP) is 3.12. The molecule has 0 aromatic carbocycles. The van der Waals surface area contributed by atoms with E-state index < -0.39 is 0 Å². The van der Waals surface area contributed by atoms with Gasteiger partial charge in [-0.05, 0) is 31.0 Å². The van der Waals surface area contributed by atoms with Crippen molar-refractivity contribution in [3.8, 4) is 5.95 Å². The van der Waals surface area contributed by atoms with Crippen LogP contribution in [0.25, 0.3) is 0 Å². The fraction of sp³-hybridized carbons (Fsp3) is 0.375. The van der Waals surface area contributed by atoms with Crippen LogP contribution in [0.1, 0.15) is 36.4 Å². The Morgan fingerprint density at radius 3 is 2.81 bits per heavy atom. The molecule has 0 unspecified atom stereocenters. The van der Waals surface area contributed by atoms with Crippen molar-refractivity contribution in [2.24, 2.45) is 0 Å². The second-order valence-corrected chi connectivity index (χ2v) is 4.87. The molecule has 5 heteroatoms. The minimum Gasteiger partial charge on any atom is -0.468 e. The number of carbonyl (C=O) groups is 1. The maximum absolute atomic E-state index is 12.6. The van der Waals surface area contributed by atoms with Gasteiger partial charge in [0.15, 0.2) is 5.76 Å². The van der Waals surface area contributed by atoms with E-state index in [-0.39, 0.29) is 17.7 Å². The van der Waals surface area contributed by atoms with Gasteiger partial charge in [0.1, 0.15) is 0 Å². The minimum absolute atomic E-state index is 0.105. The summed E-state index contributed by atoms with van der Waals surface area (Å²) in [6.45, 7) is 4.58. The van der Waals surface area contributed by atoms with Gasteiger partial charge in [-0.3, -0.25) is 9.78 Å². The molecule has 2 rings (SSSR count). The van der Waals surface area contributed by atoms with Crippen molar-refractivity contribution >= 4 is 5.91 Å². The van der Waals surface area contributed by atoms with Gasteiger partial charge in [0.05, 0.1) is 7.11 Å². The molecule has 2 aromatic heterocycles. The van der Waals surface area contributed by atoms with Crippen LogP contribution in [0.3, 0.4) is 0 Å². The first-order chi connectivity index (χ1) is 10.2. The summed E-state index contributed by atoms with van der Waals surface area (Å²) < 4.78 is 10.4. The standard InChI is InChI=1S/C16H20N2O3/c1-4-12(2)18(11-13-6-5-9-17-10-13)16(19)14-7-8-15(20-3)21-14/h5-10,12H,4,11H2,1-3H3/t12-/m1/s1. The molecule has 0 saturated heterocycles. The Hall–Kier alpha value is -2.30. The molecular formula is C16H20N2O3. The van der Waals surface area contributed by atoms with Gasteiger partial charge in [-0.15, -0.1) is 0 Å². The van der Waals surface area contributed by atoms with Crippen LogP contribution in [0.4, 0.5) is 0 Å². The first-order valence-electron chi connectivity index (χ1n) is 6.99. The summed E-state index contributed by atoms with van der Waals surface area (Å²) in [7, 11) is 1.51. The van der Waals surface area contributed by atoms with E-state index in [1.165, 1.54) is 7.11 Å². The lowest BCUT2D eigenvalue weighted by atomic mass is 10.1. The number of pyridine rings is 1. The normalized spacial score (nSPS) is 12.0. The Balaban J connectivity index is 2.21. The second-order valence-electron chi connectivity index (χ2n) is 4.87. The van der Waals surface area contributed by atoms with E-state index in [0.29, 0.717) is 12.5 Å². The van der Waals surface area contributed by atoms with Crippen molar-refractivity contribution in [3.63, 3.8) is 0 Å². The quantitative estimate of drug-likeness (QED) is 0.819. The maximum Gasteiger partial charge on any atom is 0.290 e. The van der Waals surface area contributed by atoms with Crippen LogP contribution in [-0.4, -0.2) is 28.9 Å². The number of amides is 1. The van der Waals surface area contributed by atoms with Crippen molar-refractivity contribution in [1.82, 2.24) is 9.88 Å². The molecule has 1 amide bonds. The van der Waals surface area contributed by atoms with Crippen molar-refractivity contribution in [2.45, 2.75) is 32.9 Å². The van der Waals surface area contributed by atoms with Gasteiger partial charge in [-0.1, -0.05) is 13.0 Å². The molecule has 0 saturated carbocycles. The third-order valence-electron chi connectivity index (χ3n) is 3.45. The van der Waals surface area contributed by atoms with Crippen molar-refractivity contribution in [2.75, 3.05) is 7.11 Å². The molecule has 5 nitrogen and oxygen atoms in total. The Kier molecular flexibility index (Phi) is 4.98. The molecule has 0 bridgehead atoms. The third-order valence-corrected chi connectivity index (χ3v) is 3.45.